The predicted octanol–water partition coefficient (Wildman–Crippen LogP) is 2.32. The number of carbonyl (C=O) groups excluding carboxylic acids is 1. The van der Waals surface area contributed by atoms with E-state index in [-0.39, 0.29) is 0 Å². The van der Waals surface area contributed by atoms with E-state index >= 15 is 0 Å². The van der Waals surface area contributed by atoms with Crippen molar-refractivity contribution in [2.75, 3.05) is 0 Å². The molecule has 0 atom stereocenters. The van der Waals surface area contributed by atoms with Crippen LogP contribution in [0.25, 0.3) is 11.4 Å². The van der Waals surface area contributed by atoms with E-state index in [0.717, 1.165) is 30.6 Å². The second-order valence-corrected chi connectivity index (χ2v) is 5.37. The number of hydrogen-bond acceptors (Lipinski definition) is 5. The van der Waals surface area contributed by atoms with Gasteiger partial charge in [-0.05, 0) is 44.7 Å². The zero-order chi connectivity index (χ0) is 14.8. The molecule has 0 bridgehead atoms. The largest absolute Gasteiger partial charge is 0.489 e. The van der Waals surface area contributed by atoms with Crippen molar-refractivity contribution in [2.24, 2.45) is 7.05 Å². The van der Waals surface area contributed by atoms with E-state index in [1.807, 2.05) is 19.1 Å². The third-order valence-corrected chi connectivity index (χ3v) is 3.86. The quantitative estimate of drug-likeness (QED) is 0.807. The van der Waals surface area contributed by atoms with Crippen LogP contribution in [0.3, 0.4) is 0 Å². The van der Waals surface area contributed by atoms with Crippen LogP contribution < -0.4 is 4.74 Å². The molecule has 0 spiro atoms. The molecule has 2 aromatic heterocycles. The smallest absolute Gasteiger partial charge is 0.170 e. The maximum absolute atomic E-state index is 11.1. The van der Waals surface area contributed by atoms with E-state index in [1.165, 1.54) is 17.5 Å². The van der Waals surface area contributed by atoms with Crippen molar-refractivity contribution in [3.63, 3.8) is 0 Å². The third kappa shape index (κ3) is 2.66. The molecule has 1 saturated carbocycles. The molecule has 1 aliphatic carbocycles. The van der Waals surface area contributed by atoms with Crippen molar-refractivity contribution >= 4 is 6.29 Å². The van der Waals surface area contributed by atoms with Gasteiger partial charge in [-0.15, -0.1) is 5.10 Å². The molecule has 110 valence electrons. The Balaban J connectivity index is 1.88. The molecule has 6 heteroatoms. The lowest BCUT2D eigenvalue weighted by Crippen LogP contribution is -2.12. The first-order valence-corrected chi connectivity index (χ1v) is 7.18. The monoisotopic (exact) mass is 286 g/mol. The minimum atomic E-state index is 0.304. The van der Waals surface area contributed by atoms with Crippen molar-refractivity contribution in [3.8, 4) is 17.1 Å². The van der Waals surface area contributed by atoms with Crippen LogP contribution in [-0.4, -0.2) is 32.4 Å². The van der Waals surface area contributed by atoms with Crippen molar-refractivity contribution < 1.29 is 9.53 Å². The molecule has 1 fully saturated rings. The van der Waals surface area contributed by atoms with Gasteiger partial charge in [-0.3, -0.25) is 4.79 Å². The van der Waals surface area contributed by atoms with Gasteiger partial charge in [0.25, 0.3) is 0 Å². The number of hydrogen-bond donors (Lipinski definition) is 0. The number of ether oxygens (including phenoxy) is 1. The van der Waals surface area contributed by atoms with Gasteiger partial charge in [0.1, 0.15) is 17.1 Å². The van der Waals surface area contributed by atoms with Gasteiger partial charge in [0, 0.05) is 7.05 Å². The maximum atomic E-state index is 11.1. The van der Waals surface area contributed by atoms with Crippen molar-refractivity contribution in [1.82, 2.24) is 20.0 Å². The van der Waals surface area contributed by atoms with Gasteiger partial charge in [0.05, 0.1) is 17.5 Å². The van der Waals surface area contributed by atoms with Crippen LogP contribution in [0.1, 0.15) is 41.9 Å². The van der Waals surface area contributed by atoms with Gasteiger partial charge >= 0.3 is 0 Å². The Morgan fingerprint density at radius 3 is 2.76 bits per heavy atom. The summed E-state index contributed by atoms with van der Waals surface area (Å²) in [6, 6.07) is 3.73. The lowest BCUT2D eigenvalue weighted by molar-refractivity contribution is 0.111. The van der Waals surface area contributed by atoms with Crippen LogP contribution in [-0.2, 0) is 7.05 Å². The first kappa shape index (κ1) is 13.7. The highest BCUT2D eigenvalue weighted by molar-refractivity contribution is 5.82. The number of nitrogens with zero attached hydrogens (tertiary/aromatic N) is 4. The molecule has 2 aromatic rings. The molecule has 0 saturated heterocycles. The Hall–Kier alpha value is -2.24. The minimum absolute atomic E-state index is 0.304. The molecular formula is C15H18N4O2. The summed E-state index contributed by atoms with van der Waals surface area (Å²) in [7, 11) is 1.69. The van der Waals surface area contributed by atoms with Gasteiger partial charge < -0.3 is 4.74 Å². The highest BCUT2D eigenvalue weighted by Gasteiger charge is 2.19. The zero-order valence-electron chi connectivity index (χ0n) is 12.2. The van der Waals surface area contributed by atoms with E-state index in [0.29, 0.717) is 23.2 Å². The summed E-state index contributed by atoms with van der Waals surface area (Å²) in [5, 5.41) is 7.87. The van der Waals surface area contributed by atoms with Crippen LogP contribution in [0.2, 0.25) is 0 Å². The van der Waals surface area contributed by atoms with Crippen LogP contribution in [0.5, 0.6) is 5.75 Å². The summed E-state index contributed by atoms with van der Waals surface area (Å²) >= 11 is 0. The fourth-order valence-corrected chi connectivity index (χ4v) is 2.67. The molecule has 2 heterocycles. The Labute approximate surface area is 123 Å². The highest BCUT2D eigenvalue weighted by atomic mass is 16.5. The number of rotatable bonds is 4. The summed E-state index contributed by atoms with van der Waals surface area (Å²) in [4.78, 5) is 15.6. The molecular weight excluding hydrogens is 268 g/mol. The van der Waals surface area contributed by atoms with Gasteiger partial charge in [-0.25, -0.2) is 9.67 Å². The average Bonchev–Trinajstić information content (AvgIpc) is 3.10. The Bertz CT molecular complexity index is 660. The highest BCUT2D eigenvalue weighted by Crippen LogP contribution is 2.27. The summed E-state index contributed by atoms with van der Waals surface area (Å²) < 4.78 is 7.43. The molecule has 6 nitrogen and oxygen atoms in total. The van der Waals surface area contributed by atoms with Gasteiger partial charge in [-0.1, -0.05) is 5.21 Å². The number of pyridine rings is 1. The molecule has 0 N–H and O–H groups in total. The summed E-state index contributed by atoms with van der Waals surface area (Å²) in [5.41, 5.74) is 2.37. The second kappa shape index (κ2) is 5.63. The SMILES string of the molecule is Cc1nc(-c2nnn(C)c2C=O)ccc1OC1CCCC1. The lowest BCUT2D eigenvalue weighted by atomic mass is 10.2. The summed E-state index contributed by atoms with van der Waals surface area (Å²) in [6.45, 7) is 1.91. The lowest BCUT2D eigenvalue weighted by Gasteiger charge is -2.14. The average molecular weight is 286 g/mol. The van der Waals surface area contributed by atoms with E-state index in [1.54, 1.807) is 7.05 Å². The number of aromatic nitrogens is 4. The normalized spacial score (nSPS) is 15.3. The van der Waals surface area contributed by atoms with Crippen molar-refractivity contribution in [3.05, 3.63) is 23.5 Å². The molecule has 0 aromatic carbocycles. The van der Waals surface area contributed by atoms with Crippen LogP contribution in [0.15, 0.2) is 12.1 Å². The van der Waals surface area contributed by atoms with E-state index in [2.05, 4.69) is 15.3 Å². The molecule has 1 aliphatic rings. The standard InChI is InChI=1S/C15H18N4O2/c1-10-14(21-11-5-3-4-6-11)8-7-12(16-10)15-13(9-20)19(2)18-17-15/h7-9,11H,3-6H2,1-2H3. The number of aldehydes is 1. The van der Waals surface area contributed by atoms with Gasteiger partial charge in [0.2, 0.25) is 0 Å². The Kier molecular flexibility index (Phi) is 3.68. The van der Waals surface area contributed by atoms with Gasteiger partial charge in [0.15, 0.2) is 6.29 Å². The first-order chi connectivity index (χ1) is 10.2. The summed E-state index contributed by atoms with van der Waals surface area (Å²) in [6.07, 6.45) is 5.74. The number of aryl methyl sites for hydroxylation is 2. The fraction of sp³-hybridized carbons (Fsp3) is 0.467. The Morgan fingerprint density at radius 2 is 2.10 bits per heavy atom. The summed E-state index contributed by atoms with van der Waals surface area (Å²) in [5.74, 6) is 0.808. The van der Waals surface area contributed by atoms with Crippen molar-refractivity contribution in [2.45, 2.75) is 38.7 Å². The third-order valence-electron chi connectivity index (χ3n) is 3.86. The molecule has 3 rings (SSSR count). The van der Waals surface area contributed by atoms with Crippen LogP contribution in [0.4, 0.5) is 0 Å². The first-order valence-electron chi connectivity index (χ1n) is 7.18. The van der Waals surface area contributed by atoms with E-state index in [4.69, 9.17) is 4.74 Å². The molecule has 0 radical (unpaired) electrons. The molecule has 0 aliphatic heterocycles. The predicted molar refractivity (Wildman–Crippen MR) is 77.2 cm³/mol. The molecule has 21 heavy (non-hydrogen) atoms. The topological polar surface area (TPSA) is 69.9 Å². The maximum Gasteiger partial charge on any atom is 0.170 e. The molecule has 0 amide bonds. The minimum Gasteiger partial charge on any atom is -0.489 e. The van der Waals surface area contributed by atoms with E-state index < -0.39 is 0 Å². The van der Waals surface area contributed by atoms with Crippen LogP contribution in [0, 0.1) is 6.92 Å². The fourth-order valence-electron chi connectivity index (χ4n) is 2.67. The van der Waals surface area contributed by atoms with Gasteiger partial charge in [-0.2, -0.15) is 0 Å². The zero-order valence-corrected chi connectivity index (χ0v) is 12.2. The van der Waals surface area contributed by atoms with Crippen molar-refractivity contribution in [1.29, 1.82) is 0 Å². The Morgan fingerprint density at radius 1 is 1.33 bits per heavy atom. The molecule has 0 unspecified atom stereocenters. The number of carbonyl (C=O) groups is 1. The van der Waals surface area contributed by atoms with Crippen LogP contribution >= 0.6 is 0 Å². The van der Waals surface area contributed by atoms with E-state index in [9.17, 15) is 4.79 Å². The second-order valence-electron chi connectivity index (χ2n) is 5.37.